The molecule has 0 aliphatic carbocycles. The molecule has 72 valence electrons. The van der Waals surface area contributed by atoms with Crippen LogP contribution in [0.3, 0.4) is 0 Å². The Labute approximate surface area is 89.5 Å². The fraction of sp³-hybridized carbons (Fsp3) is 0.222. The van der Waals surface area contributed by atoms with Gasteiger partial charge in [0.05, 0.1) is 5.69 Å². The van der Waals surface area contributed by atoms with Crippen LogP contribution in [0.5, 0.6) is 5.75 Å². The van der Waals surface area contributed by atoms with E-state index in [4.69, 9.17) is 0 Å². The molecule has 1 aromatic rings. The first kappa shape index (κ1) is 12.3. The number of aromatic nitrogens is 1. The van der Waals surface area contributed by atoms with E-state index in [0.717, 1.165) is 11.1 Å². The SMILES string of the molecule is C=Cc1cnc(C)c(O)c1CS.Cl. The van der Waals surface area contributed by atoms with Crippen molar-refractivity contribution in [1.82, 2.24) is 4.98 Å². The molecular formula is C9H12ClNOS. The molecule has 13 heavy (non-hydrogen) atoms. The lowest BCUT2D eigenvalue weighted by atomic mass is 10.1. The molecule has 1 N–H and O–H groups in total. The number of aryl methyl sites for hydroxylation is 1. The Morgan fingerprint density at radius 1 is 1.69 bits per heavy atom. The average molecular weight is 218 g/mol. The number of hydrogen-bond acceptors (Lipinski definition) is 3. The summed E-state index contributed by atoms with van der Waals surface area (Å²) in [4.78, 5) is 4.00. The van der Waals surface area contributed by atoms with Gasteiger partial charge in [-0.1, -0.05) is 12.7 Å². The van der Waals surface area contributed by atoms with E-state index in [9.17, 15) is 5.11 Å². The lowest BCUT2D eigenvalue weighted by Crippen LogP contribution is -1.91. The van der Waals surface area contributed by atoms with Crippen LogP contribution in [0.15, 0.2) is 12.8 Å². The molecule has 0 bridgehead atoms. The molecule has 0 amide bonds. The van der Waals surface area contributed by atoms with Crippen LogP contribution in [0, 0.1) is 6.92 Å². The summed E-state index contributed by atoms with van der Waals surface area (Å²) in [7, 11) is 0. The minimum absolute atomic E-state index is 0. The van der Waals surface area contributed by atoms with Crippen molar-refractivity contribution in [3.05, 3.63) is 29.6 Å². The standard InChI is InChI=1S/C9H11NOS.ClH/c1-3-7-4-10-6(2)9(11)8(7)5-12;/h3-4,11-12H,1,5H2,2H3;1H. The lowest BCUT2D eigenvalue weighted by Gasteiger charge is -2.06. The fourth-order valence-electron chi connectivity index (χ4n) is 1.00. The minimum atomic E-state index is 0. The van der Waals surface area contributed by atoms with E-state index < -0.39 is 0 Å². The summed E-state index contributed by atoms with van der Waals surface area (Å²) in [5, 5.41) is 9.55. The van der Waals surface area contributed by atoms with Crippen LogP contribution in [0.25, 0.3) is 6.08 Å². The van der Waals surface area contributed by atoms with E-state index >= 15 is 0 Å². The first-order valence-corrected chi connectivity index (χ1v) is 4.24. The van der Waals surface area contributed by atoms with Gasteiger partial charge in [0.15, 0.2) is 0 Å². The predicted molar refractivity (Wildman–Crippen MR) is 60.7 cm³/mol. The summed E-state index contributed by atoms with van der Waals surface area (Å²) in [5.41, 5.74) is 2.26. The van der Waals surface area contributed by atoms with Gasteiger partial charge in [0.25, 0.3) is 0 Å². The van der Waals surface area contributed by atoms with Crippen molar-refractivity contribution in [2.24, 2.45) is 0 Å². The number of halogens is 1. The smallest absolute Gasteiger partial charge is 0.141 e. The Morgan fingerprint density at radius 2 is 2.31 bits per heavy atom. The third-order valence-electron chi connectivity index (χ3n) is 1.75. The van der Waals surface area contributed by atoms with E-state index in [1.165, 1.54) is 0 Å². The van der Waals surface area contributed by atoms with E-state index in [-0.39, 0.29) is 18.2 Å². The Hall–Kier alpha value is -0.670. The highest BCUT2D eigenvalue weighted by Crippen LogP contribution is 2.25. The third kappa shape index (κ3) is 2.39. The number of aromatic hydroxyl groups is 1. The van der Waals surface area contributed by atoms with Gasteiger partial charge in [-0.05, 0) is 12.5 Å². The van der Waals surface area contributed by atoms with Crippen molar-refractivity contribution in [2.75, 3.05) is 0 Å². The Kier molecular flexibility index (Phi) is 4.88. The van der Waals surface area contributed by atoms with Crippen molar-refractivity contribution in [2.45, 2.75) is 12.7 Å². The second-order valence-electron chi connectivity index (χ2n) is 2.49. The van der Waals surface area contributed by atoms with E-state index in [2.05, 4.69) is 24.2 Å². The van der Waals surface area contributed by atoms with E-state index in [1.807, 2.05) is 0 Å². The van der Waals surface area contributed by atoms with Gasteiger partial charge in [-0.25, -0.2) is 0 Å². The number of thiol groups is 1. The number of nitrogens with zero attached hydrogens (tertiary/aromatic N) is 1. The summed E-state index contributed by atoms with van der Waals surface area (Å²) in [6.45, 7) is 5.38. The van der Waals surface area contributed by atoms with Gasteiger partial charge >= 0.3 is 0 Å². The predicted octanol–water partition coefficient (Wildman–Crippen LogP) is 2.59. The first-order chi connectivity index (χ1) is 5.70. The maximum atomic E-state index is 9.55. The number of rotatable bonds is 2. The molecule has 0 saturated heterocycles. The molecule has 0 unspecified atom stereocenters. The molecule has 0 radical (unpaired) electrons. The molecule has 1 aromatic heterocycles. The monoisotopic (exact) mass is 217 g/mol. The zero-order valence-electron chi connectivity index (χ0n) is 7.32. The van der Waals surface area contributed by atoms with Crippen LogP contribution < -0.4 is 0 Å². The number of pyridine rings is 1. The largest absolute Gasteiger partial charge is 0.506 e. The highest BCUT2D eigenvalue weighted by Gasteiger charge is 2.07. The van der Waals surface area contributed by atoms with Gasteiger partial charge in [-0.15, -0.1) is 12.4 Å². The molecule has 0 aliphatic rings. The third-order valence-corrected chi connectivity index (χ3v) is 2.07. The minimum Gasteiger partial charge on any atom is -0.506 e. The van der Waals surface area contributed by atoms with E-state index in [1.54, 1.807) is 19.2 Å². The highest BCUT2D eigenvalue weighted by molar-refractivity contribution is 7.79. The van der Waals surface area contributed by atoms with Crippen LogP contribution in [-0.4, -0.2) is 10.1 Å². The summed E-state index contributed by atoms with van der Waals surface area (Å²) in [6, 6.07) is 0. The number of hydrogen-bond donors (Lipinski definition) is 2. The van der Waals surface area contributed by atoms with Gasteiger partial charge in [0, 0.05) is 17.5 Å². The molecule has 0 spiro atoms. The van der Waals surface area contributed by atoms with Crippen LogP contribution >= 0.6 is 25.0 Å². The zero-order valence-corrected chi connectivity index (χ0v) is 9.03. The van der Waals surface area contributed by atoms with Crippen LogP contribution in [0.2, 0.25) is 0 Å². The molecule has 4 heteroatoms. The van der Waals surface area contributed by atoms with Gasteiger partial charge in [0.2, 0.25) is 0 Å². The van der Waals surface area contributed by atoms with Crippen LogP contribution in [0.4, 0.5) is 0 Å². The Bertz CT molecular complexity index is 315. The van der Waals surface area contributed by atoms with E-state index in [0.29, 0.717) is 11.4 Å². The molecule has 0 atom stereocenters. The summed E-state index contributed by atoms with van der Waals surface area (Å²) in [6.07, 6.45) is 3.35. The van der Waals surface area contributed by atoms with Gasteiger partial charge in [-0.2, -0.15) is 12.6 Å². The molecule has 0 aromatic carbocycles. The van der Waals surface area contributed by atoms with Crippen LogP contribution in [0.1, 0.15) is 16.8 Å². The second kappa shape index (κ2) is 5.14. The van der Waals surface area contributed by atoms with Gasteiger partial charge in [0.1, 0.15) is 5.75 Å². The maximum Gasteiger partial charge on any atom is 0.141 e. The zero-order chi connectivity index (χ0) is 9.14. The molecular weight excluding hydrogens is 206 g/mol. The Balaban J connectivity index is 0.00000144. The van der Waals surface area contributed by atoms with Crippen molar-refractivity contribution < 1.29 is 5.11 Å². The van der Waals surface area contributed by atoms with Crippen molar-refractivity contribution in [3.8, 4) is 5.75 Å². The van der Waals surface area contributed by atoms with Crippen LogP contribution in [-0.2, 0) is 5.75 Å². The summed E-state index contributed by atoms with van der Waals surface area (Å²) >= 11 is 4.12. The summed E-state index contributed by atoms with van der Waals surface area (Å²) in [5.74, 6) is 0.721. The van der Waals surface area contributed by atoms with Gasteiger partial charge < -0.3 is 5.11 Å². The average Bonchev–Trinajstić information content (AvgIpc) is 2.09. The highest BCUT2D eigenvalue weighted by atomic mass is 35.5. The molecule has 0 aliphatic heterocycles. The normalized spacial score (nSPS) is 9.08. The molecule has 1 rings (SSSR count). The fourth-order valence-corrected chi connectivity index (χ4v) is 1.33. The summed E-state index contributed by atoms with van der Waals surface area (Å²) < 4.78 is 0. The quantitative estimate of drug-likeness (QED) is 0.747. The molecule has 0 saturated carbocycles. The van der Waals surface area contributed by atoms with Gasteiger partial charge in [-0.3, -0.25) is 4.98 Å². The van der Waals surface area contributed by atoms with Crippen molar-refractivity contribution in [3.63, 3.8) is 0 Å². The lowest BCUT2D eigenvalue weighted by molar-refractivity contribution is 0.462. The topological polar surface area (TPSA) is 33.1 Å². The second-order valence-corrected chi connectivity index (χ2v) is 2.80. The molecule has 0 fully saturated rings. The molecule has 1 heterocycles. The van der Waals surface area contributed by atoms with Crippen molar-refractivity contribution in [1.29, 1.82) is 0 Å². The molecule has 2 nitrogen and oxygen atoms in total. The maximum absolute atomic E-state index is 9.55. The van der Waals surface area contributed by atoms with Crippen molar-refractivity contribution >= 4 is 31.1 Å². The first-order valence-electron chi connectivity index (χ1n) is 3.61. The Morgan fingerprint density at radius 3 is 2.77 bits per heavy atom.